The lowest BCUT2D eigenvalue weighted by Crippen LogP contribution is -2.63. The van der Waals surface area contributed by atoms with Gasteiger partial charge in [-0.25, -0.2) is 0 Å². The smallest absolute Gasteiger partial charge is 0.226 e. The molecule has 0 aromatic heterocycles. The van der Waals surface area contributed by atoms with E-state index in [-0.39, 0.29) is 17.4 Å². The number of hydrogen-bond donors (Lipinski definition) is 5. The lowest BCUT2D eigenvalue weighted by molar-refractivity contribution is -0.358. The van der Waals surface area contributed by atoms with Crippen LogP contribution in [0, 0.1) is 11.3 Å². The first-order valence-electron chi connectivity index (χ1n) is 11.0. The summed E-state index contributed by atoms with van der Waals surface area (Å²) >= 11 is 0. The van der Waals surface area contributed by atoms with Gasteiger partial charge in [0.15, 0.2) is 0 Å². The molecule has 0 radical (unpaired) electrons. The third kappa shape index (κ3) is 5.04. The predicted molar refractivity (Wildman–Crippen MR) is 119 cm³/mol. The van der Waals surface area contributed by atoms with E-state index >= 15 is 0 Å². The fraction of sp³-hybridized carbons (Fsp3) is 0.480. The van der Waals surface area contributed by atoms with Gasteiger partial charge in [0, 0.05) is 0 Å². The molecule has 0 amide bonds. The molecule has 33 heavy (non-hydrogen) atoms. The van der Waals surface area contributed by atoms with Crippen molar-refractivity contribution in [2.45, 2.75) is 69.9 Å². The van der Waals surface area contributed by atoms with Crippen LogP contribution in [-0.4, -0.2) is 62.7 Å². The number of aryl methyl sites for hydroxylation is 1. The zero-order chi connectivity index (χ0) is 24.3. The van der Waals surface area contributed by atoms with E-state index in [1.54, 1.807) is 13.8 Å². The van der Waals surface area contributed by atoms with Crippen LogP contribution in [0.15, 0.2) is 36.4 Å². The second-order valence-electron chi connectivity index (χ2n) is 8.59. The highest BCUT2D eigenvalue weighted by Crippen LogP contribution is 2.42. The highest BCUT2D eigenvalue weighted by Gasteiger charge is 2.55. The largest absolute Gasteiger partial charge is 0.490 e. The van der Waals surface area contributed by atoms with E-state index in [1.165, 1.54) is 17.7 Å². The second-order valence-corrected chi connectivity index (χ2v) is 8.59. The van der Waals surface area contributed by atoms with Crippen LogP contribution in [0.4, 0.5) is 0 Å². The minimum Gasteiger partial charge on any atom is -0.490 e. The highest BCUT2D eigenvalue weighted by molar-refractivity contribution is 5.52. The Labute approximate surface area is 193 Å². The Morgan fingerprint density at radius 1 is 1.09 bits per heavy atom. The first kappa shape index (κ1) is 25.1. The number of aliphatic hydroxyl groups excluding tert-OH is 4. The van der Waals surface area contributed by atoms with Crippen molar-refractivity contribution in [1.82, 2.24) is 0 Å². The lowest BCUT2D eigenvalue weighted by Gasteiger charge is -2.46. The second kappa shape index (κ2) is 10.2. The molecule has 0 spiro atoms. The molecule has 0 bridgehead atoms. The molecule has 0 unspecified atom stereocenters. The van der Waals surface area contributed by atoms with Crippen LogP contribution in [0.5, 0.6) is 5.75 Å². The van der Waals surface area contributed by atoms with Gasteiger partial charge in [-0.1, -0.05) is 31.2 Å². The van der Waals surface area contributed by atoms with Crippen LogP contribution in [0.2, 0.25) is 0 Å². The molecule has 2 aromatic carbocycles. The van der Waals surface area contributed by atoms with Crippen molar-refractivity contribution in [3.05, 3.63) is 64.2 Å². The van der Waals surface area contributed by atoms with Gasteiger partial charge < -0.3 is 35.0 Å². The monoisotopic (exact) mass is 457 g/mol. The van der Waals surface area contributed by atoms with E-state index in [9.17, 15) is 30.8 Å². The quantitative estimate of drug-likeness (QED) is 0.416. The summed E-state index contributed by atoms with van der Waals surface area (Å²) < 4.78 is 11.3. The molecule has 1 saturated heterocycles. The fourth-order valence-corrected chi connectivity index (χ4v) is 4.00. The van der Waals surface area contributed by atoms with Crippen molar-refractivity contribution < 1.29 is 35.0 Å². The number of nitriles is 1. The van der Waals surface area contributed by atoms with E-state index in [1.807, 2.05) is 24.3 Å². The summed E-state index contributed by atoms with van der Waals surface area (Å²) in [6.45, 7) is 4.89. The van der Waals surface area contributed by atoms with Gasteiger partial charge in [-0.2, -0.15) is 5.26 Å². The fourth-order valence-electron chi connectivity index (χ4n) is 4.00. The van der Waals surface area contributed by atoms with Crippen LogP contribution < -0.4 is 4.74 Å². The number of hydrogen-bond acceptors (Lipinski definition) is 8. The van der Waals surface area contributed by atoms with Crippen LogP contribution in [0.3, 0.4) is 0 Å². The molecule has 5 atom stereocenters. The van der Waals surface area contributed by atoms with Gasteiger partial charge in [0.05, 0.1) is 29.9 Å². The number of ether oxygens (including phenoxy) is 2. The topological polar surface area (TPSA) is 143 Å². The molecule has 2 aromatic rings. The normalized spacial score (nSPS) is 27.4. The Hall–Kier alpha value is -2.51. The summed E-state index contributed by atoms with van der Waals surface area (Å²) in [6.07, 6.45) is -5.74. The molecule has 0 saturated carbocycles. The van der Waals surface area contributed by atoms with E-state index < -0.39 is 36.8 Å². The summed E-state index contributed by atoms with van der Waals surface area (Å²) in [6, 6.07) is 13.0. The minimum atomic E-state index is -2.49. The molecular weight excluding hydrogens is 426 g/mol. The molecule has 5 N–H and O–H groups in total. The summed E-state index contributed by atoms with van der Waals surface area (Å²) in [5, 5.41) is 61.8. The first-order chi connectivity index (χ1) is 15.6. The maximum Gasteiger partial charge on any atom is 0.226 e. The maximum absolute atomic E-state index is 11.4. The zero-order valence-corrected chi connectivity index (χ0v) is 19.0. The lowest BCUT2D eigenvalue weighted by atomic mass is 9.85. The number of nitrogens with zero attached hydrogens (tertiary/aromatic N) is 1. The third-order valence-corrected chi connectivity index (χ3v) is 5.87. The van der Waals surface area contributed by atoms with Crippen molar-refractivity contribution in [2.24, 2.45) is 0 Å². The van der Waals surface area contributed by atoms with Gasteiger partial charge in [-0.3, -0.25) is 0 Å². The van der Waals surface area contributed by atoms with Crippen molar-refractivity contribution in [2.75, 3.05) is 6.61 Å². The van der Waals surface area contributed by atoms with Crippen molar-refractivity contribution in [1.29, 1.82) is 5.26 Å². The molecule has 8 heteroatoms. The zero-order valence-electron chi connectivity index (χ0n) is 19.0. The van der Waals surface area contributed by atoms with Gasteiger partial charge in [0.25, 0.3) is 0 Å². The Kier molecular flexibility index (Phi) is 7.75. The molecule has 1 aliphatic heterocycles. The van der Waals surface area contributed by atoms with Crippen LogP contribution in [-0.2, 0) is 23.4 Å². The molecular formula is C25H31NO7. The van der Waals surface area contributed by atoms with E-state index in [0.717, 1.165) is 12.0 Å². The van der Waals surface area contributed by atoms with Gasteiger partial charge in [0.2, 0.25) is 5.79 Å². The summed E-state index contributed by atoms with van der Waals surface area (Å²) in [7, 11) is 0. The van der Waals surface area contributed by atoms with Gasteiger partial charge in [-0.15, -0.1) is 0 Å². The molecule has 178 valence electrons. The standard InChI is InChI=1S/C25H31NO7/c1-4-15-5-7-16(8-6-15)9-17-10-19(20(32-14(2)3)11-18(17)12-26)25(31)24(30)23(29)22(28)21(13-27)33-25/h5-8,10-11,14,21-24,27-31H,4,9,13H2,1-3H3/t21-,22-,23+,24-,25+/m1/s1. The summed E-state index contributed by atoms with van der Waals surface area (Å²) in [5.41, 5.74) is 2.98. The average molecular weight is 458 g/mol. The molecule has 0 aliphatic carbocycles. The Balaban J connectivity index is 2.13. The number of rotatable bonds is 7. The summed E-state index contributed by atoms with van der Waals surface area (Å²) in [4.78, 5) is 0. The maximum atomic E-state index is 11.4. The van der Waals surface area contributed by atoms with E-state index in [0.29, 0.717) is 17.5 Å². The molecule has 1 aliphatic rings. The van der Waals surface area contributed by atoms with Gasteiger partial charge in [-0.05, 0) is 55.5 Å². The van der Waals surface area contributed by atoms with Crippen molar-refractivity contribution in [3.8, 4) is 11.8 Å². The molecule has 1 heterocycles. The van der Waals surface area contributed by atoms with Crippen molar-refractivity contribution in [3.63, 3.8) is 0 Å². The summed E-state index contributed by atoms with van der Waals surface area (Å²) in [5.74, 6) is -2.40. The van der Waals surface area contributed by atoms with E-state index in [4.69, 9.17) is 9.47 Å². The SMILES string of the molecule is CCc1ccc(Cc2cc([C@]3(O)O[C@H](CO)[C@@H](O)[C@H](O)[C@H]3O)c(OC(C)C)cc2C#N)cc1. The Bertz CT molecular complexity index is 999. The van der Waals surface area contributed by atoms with Crippen LogP contribution in [0.25, 0.3) is 0 Å². The van der Waals surface area contributed by atoms with Gasteiger partial charge >= 0.3 is 0 Å². The predicted octanol–water partition coefficient (Wildman–Crippen LogP) is 1.12. The Morgan fingerprint density at radius 3 is 2.27 bits per heavy atom. The molecule has 3 rings (SSSR count). The minimum absolute atomic E-state index is 0.00715. The van der Waals surface area contributed by atoms with Gasteiger partial charge in [0.1, 0.15) is 30.2 Å². The molecule has 8 nitrogen and oxygen atoms in total. The first-order valence-corrected chi connectivity index (χ1v) is 11.0. The Morgan fingerprint density at radius 2 is 1.73 bits per heavy atom. The molecule has 1 fully saturated rings. The van der Waals surface area contributed by atoms with Crippen LogP contribution in [0.1, 0.15) is 48.6 Å². The highest BCUT2D eigenvalue weighted by atomic mass is 16.7. The van der Waals surface area contributed by atoms with E-state index in [2.05, 4.69) is 13.0 Å². The van der Waals surface area contributed by atoms with Crippen molar-refractivity contribution >= 4 is 0 Å². The number of aliphatic hydroxyl groups is 5. The van der Waals surface area contributed by atoms with Crippen LogP contribution >= 0.6 is 0 Å². The average Bonchev–Trinajstić information content (AvgIpc) is 2.80. The number of benzene rings is 2. The third-order valence-electron chi connectivity index (χ3n) is 5.87.